The fraction of sp³-hybridized carbons (Fsp3) is 0.0667. The third-order valence-corrected chi connectivity index (χ3v) is 2.61. The number of carbonyl (C=O) groups excluding carboxylic acids is 1. The minimum atomic E-state index is -1.15. The van der Waals surface area contributed by atoms with Gasteiger partial charge in [-0.05, 0) is 23.3 Å². The summed E-state index contributed by atoms with van der Waals surface area (Å²) in [6.45, 7) is -0.576. The van der Waals surface area contributed by atoms with Crippen LogP contribution in [-0.2, 0) is 9.63 Å². The van der Waals surface area contributed by atoms with Crippen molar-refractivity contribution in [3.8, 4) is 11.1 Å². The molecule has 102 valence electrons. The van der Waals surface area contributed by atoms with Crippen LogP contribution in [0.1, 0.15) is 10.4 Å². The fourth-order valence-corrected chi connectivity index (χ4v) is 1.67. The minimum Gasteiger partial charge on any atom is -0.479 e. The maximum absolute atomic E-state index is 11.6. The lowest BCUT2D eigenvalue weighted by atomic mass is 10.0. The average Bonchev–Trinajstić information content (AvgIpc) is 2.48. The van der Waals surface area contributed by atoms with Gasteiger partial charge in [-0.2, -0.15) is 0 Å². The summed E-state index contributed by atoms with van der Waals surface area (Å²) in [4.78, 5) is 26.4. The van der Waals surface area contributed by atoms with Crippen LogP contribution in [-0.4, -0.2) is 23.6 Å². The number of carboxylic acids is 1. The number of rotatable bonds is 5. The first kappa shape index (κ1) is 13.8. The van der Waals surface area contributed by atoms with E-state index in [1.165, 1.54) is 0 Å². The van der Waals surface area contributed by atoms with Crippen LogP contribution in [0, 0.1) is 0 Å². The van der Waals surface area contributed by atoms with Crippen LogP contribution in [0.25, 0.3) is 11.1 Å². The molecule has 0 fully saturated rings. The molecule has 0 saturated carbocycles. The van der Waals surface area contributed by atoms with Crippen molar-refractivity contribution in [2.45, 2.75) is 0 Å². The Morgan fingerprint density at radius 2 is 1.55 bits per heavy atom. The van der Waals surface area contributed by atoms with Crippen LogP contribution in [0.5, 0.6) is 0 Å². The highest BCUT2D eigenvalue weighted by atomic mass is 16.7. The van der Waals surface area contributed by atoms with Crippen LogP contribution >= 0.6 is 0 Å². The first-order valence-corrected chi connectivity index (χ1v) is 5.96. The van der Waals surface area contributed by atoms with Crippen molar-refractivity contribution < 1.29 is 19.5 Å². The van der Waals surface area contributed by atoms with E-state index >= 15 is 0 Å². The molecule has 0 spiro atoms. The summed E-state index contributed by atoms with van der Waals surface area (Å²) in [5.74, 6) is -1.63. The lowest BCUT2D eigenvalue weighted by Gasteiger charge is -2.05. The summed E-state index contributed by atoms with van der Waals surface area (Å²) >= 11 is 0. The lowest BCUT2D eigenvalue weighted by Crippen LogP contribution is -2.26. The molecule has 5 nitrogen and oxygen atoms in total. The first-order valence-electron chi connectivity index (χ1n) is 5.96. The summed E-state index contributed by atoms with van der Waals surface area (Å²) in [6, 6.07) is 16.7. The molecule has 0 bridgehead atoms. The molecule has 0 aromatic heterocycles. The second-order valence-corrected chi connectivity index (χ2v) is 4.06. The van der Waals surface area contributed by atoms with Crippen LogP contribution < -0.4 is 5.48 Å². The molecular formula is C15H13NO4. The van der Waals surface area contributed by atoms with Gasteiger partial charge in [0.25, 0.3) is 5.91 Å². The average molecular weight is 271 g/mol. The SMILES string of the molecule is O=C(O)CONC(=O)c1ccc(-c2ccccc2)cc1. The van der Waals surface area contributed by atoms with Crippen LogP contribution in [0.3, 0.4) is 0 Å². The maximum atomic E-state index is 11.6. The summed E-state index contributed by atoms with van der Waals surface area (Å²) in [7, 11) is 0. The van der Waals surface area contributed by atoms with Crippen molar-refractivity contribution in [2.24, 2.45) is 0 Å². The van der Waals surface area contributed by atoms with E-state index in [4.69, 9.17) is 5.11 Å². The molecule has 0 aliphatic rings. The van der Waals surface area contributed by atoms with Crippen molar-refractivity contribution in [2.75, 3.05) is 6.61 Å². The smallest absolute Gasteiger partial charge is 0.332 e. The van der Waals surface area contributed by atoms with E-state index in [9.17, 15) is 9.59 Å². The molecule has 5 heteroatoms. The second-order valence-electron chi connectivity index (χ2n) is 4.06. The van der Waals surface area contributed by atoms with Crippen LogP contribution in [0.4, 0.5) is 0 Å². The predicted molar refractivity (Wildman–Crippen MR) is 72.9 cm³/mol. The molecule has 2 aromatic carbocycles. The Bertz CT molecular complexity index is 593. The third kappa shape index (κ3) is 3.66. The molecule has 2 rings (SSSR count). The monoisotopic (exact) mass is 271 g/mol. The van der Waals surface area contributed by atoms with Crippen molar-refractivity contribution in [1.82, 2.24) is 5.48 Å². The third-order valence-electron chi connectivity index (χ3n) is 2.61. The Morgan fingerprint density at radius 3 is 2.15 bits per heavy atom. The number of aliphatic carboxylic acids is 1. The summed E-state index contributed by atoms with van der Waals surface area (Å²) in [5.41, 5.74) is 4.52. The van der Waals surface area contributed by atoms with Gasteiger partial charge in [0, 0.05) is 5.56 Å². The van der Waals surface area contributed by atoms with Gasteiger partial charge in [-0.15, -0.1) is 0 Å². The molecular weight excluding hydrogens is 258 g/mol. The number of carbonyl (C=O) groups is 2. The molecule has 0 atom stereocenters. The second kappa shape index (κ2) is 6.49. The minimum absolute atomic E-state index is 0.398. The number of amides is 1. The Labute approximate surface area is 115 Å². The van der Waals surface area contributed by atoms with E-state index in [2.05, 4.69) is 10.3 Å². The molecule has 2 N–H and O–H groups in total. The quantitative estimate of drug-likeness (QED) is 0.816. The van der Waals surface area contributed by atoms with Gasteiger partial charge in [-0.25, -0.2) is 10.3 Å². The number of carboxylic acid groups (broad SMARTS) is 1. The number of nitrogens with one attached hydrogen (secondary N) is 1. The van der Waals surface area contributed by atoms with Crippen molar-refractivity contribution in [3.63, 3.8) is 0 Å². The Balaban J connectivity index is 2.01. The molecule has 20 heavy (non-hydrogen) atoms. The van der Waals surface area contributed by atoms with Crippen LogP contribution in [0.2, 0.25) is 0 Å². The highest BCUT2D eigenvalue weighted by Crippen LogP contribution is 2.19. The zero-order valence-electron chi connectivity index (χ0n) is 10.6. The van der Waals surface area contributed by atoms with E-state index in [0.29, 0.717) is 5.56 Å². The van der Waals surface area contributed by atoms with Crippen molar-refractivity contribution in [3.05, 3.63) is 60.2 Å². The van der Waals surface area contributed by atoms with Gasteiger partial charge < -0.3 is 5.11 Å². The molecule has 0 aliphatic carbocycles. The molecule has 0 aliphatic heterocycles. The zero-order valence-corrected chi connectivity index (χ0v) is 10.6. The topological polar surface area (TPSA) is 75.6 Å². The number of benzene rings is 2. The van der Waals surface area contributed by atoms with E-state index in [1.54, 1.807) is 12.1 Å². The number of hydroxylamine groups is 1. The van der Waals surface area contributed by atoms with Crippen molar-refractivity contribution in [1.29, 1.82) is 0 Å². The number of hydrogen-bond donors (Lipinski definition) is 2. The Hall–Kier alpha value is -2.66. The lowest BCUT2D eigenvalue weighted by molar-refractivity contribution is -0.144. The van der Waals surface area contributed by atoms with Gasteiger partial charge in [-0.3, -0.25) is 9.63 Å². The molecule has 0 saturated heterocycles. The zero-order chi connectivity index (χ0) is 14.4. The molecule has 0 radical (unpaired) electrons. The largest absolute Gasteiger partial charge is 0.479 e. The number of hydrogen-bond acceptors (Lipinski definition) is 3. The molecule has 0 heterocycles. The molecule has 2 aromatic rings. The Kier molecular flexibility index (Phi) is 4.47. The predicted octanol–water partition coefficient (Wildman–Crippen LogP) is 2.10. The highest BCUT2D eigenvalue weighted by molar-refractivity contribution is 5.94. The summed E-state index contributed by atoms with van der Waals surface area (Å²) in [5, 5.41) is 8.38. The standard InChI is InChI=1S/C15H13NO4/c17-14(18)10-20-16-15(19)13-8-6-12(7-9-13)11-4-2-1-3-5-11/h1-9H,10H2,(H,16,19)(H,17,18). The van der Waals surface area contributed by atoms with E-state index in [1.807, 2.05) is 42.5 Å². The van der Waals surface area contributed by atoms with Gasteiger partial charge in [0.2, 0.25) is 0 Å². The van der Waals surface area contributed by atoms with Gasteiger partial charge in [0.05, 0.1) is 0 Å². The van der Waals surface area contributed by atoms with Crippen molar-refractivity contribution >= 4 is 11.9 Å². The summed E-state index contributed by atoms with van der Waals surface area (Å²) in [6.07, 6.45) is 0. The van der Waals surface area contributed by atoms with E-state index in [-0.39, 0.29) is 0 Å². The highest BCUT2D eigenvalue weighted by Gasteiger charge is 2.06. The normalized spacial score (nSPS) is 10.0. The first-order chi connectivity index (χ1) is 9.66. The molecule has 0 unspecified atom stereocenters. The van der Waals surface area contributed by atoms with Gasteiger partial charge in [-0.1, -0.05) is 42.5 Å². The fourth-order valence-electron chi connectivity index (χ4n) is 1.67. The van der Waals surface area contributed by atoms with Crippen LogP contribution in [0.15, 0.2) is 54.6 Å². The maximum Gasteiger partial charge on any atom is 0.332 e. The van der Waals surface area contributed by atoms with Gasteiger partial charge in [0.15, 0.2) is 6.61 Å². The molecule has 1 amide bonds. The summed E-state index contributed by atoms with van der Waals surface area (Å²) < 4.78 is 0. The van der Waals surface area contributed by atoms with E-state index in [0.717, 1.165) is 11.1 Å². The van der Waals surface area contributed by atoms with Gasteiger partial charge >= 0.3 is 5.97 Å². The Morgan fingerprint density at radius 1 is 0.950 bits per heavy atom. The van der Waals surface area contributed by atoms with Gasteiger partial charge in [0.1, 0.15) is 0 Å². The van der Waals surface area contributed by atoms with E-state index < -0.39 is 18.5 Å².